The number of carboxylic acids is 1. The molecule has 0 aromatic carbocycles. The molecule has 0 spiro atoms. The second kappa shape index (κ2) is 4.42. The Morgan fingerprint density at radius 1 is 1.54 bits per heavy atom. The van der Waals surface area contributed by atoms with Crippen LogP contribution in [-0.2, 0) is 9.53 Å². The summed E-state index contributed by atoms with van der Waals surface area (Å²) in [7, 11) is 0. The van der Waals surface area contributed by atoms with E-state index in [0.717, 1.165) is 19.3 Å². The summed E-state index contributed by atoms with van der Waals surface area (Å²) in [5.41, 5.74) is 0. The highest BCUT2D eigenvalue weighted by Crippen LogP contribution is 2.39. The number of ether oxygens (including phenoxy) is 1. The van der Waals surface area contributed by atoms with Crippen molar-refractivity contribution in [2.45, 2.75) is 38.4 Å². The molecule has 0 radical (unpaired) electrons. The second-order valence-electron chi connectivity index (χ2n) is 3.47. The first-order chi connectivity index (χ1) is 6.19. The highest BCUT2D eigenvalue weighted by molar-refractivity contribution is 5.70. The number of fused-ring (bicyclic) bond motifs is 1. The molecule has 1 N–H and O–H groups in total. The van der Waals surface area contributed by atoms with Gasteiger partial charge in [-0.3, -0.25) is 4.79 Å². The zero-order chi connectivity index (χ0) is 9.84. The molecule has 0 amide bonds. The topological polar surface area (TPSA) is 49.8 Å². The molecule has 74 valence electrons. The SMILES string of the molecule is C=CC.O=C(O)C1CCC2OC2C1. The Kier molecular flexibility index (Phi) is 3.48. The quantitative estimate of drug-likeness (QED) is 0.499. The molecule has 1 heterocycles. The van der Waals surface area contributed by atoms with Crippen LogP contribution in [0.3, 0.4) is 0 Å². The molecule has 3 nitrogen and oxygen atoms in total. The average Bonchev–Trinajstić information content (AvgIpc) is 2.82. The Hall–Kier alpha value is -0.830. The van der Waals surface area contributed by atoms with Crippen LogP contribution < -0.4 is 0 Å². The van der Waals surface area contributed by atoms with Crippen molar-refractivity contribution in [3.63, 3.8) is 0 Å². The van der Waals surface area contributed by atoms with Crippen molar-refractivity contribution in [3.05, 3.63) is 12.7 Å². The first-order valence-electron chi connectivity index (χ1n) is 4.64. The number of allylic oxidation sites excluding steroid dienone is 1. The standard InChI is InChI=1S/C7H10O3.C3H6/c8-7(9)4-1-2-5-6(3-4)10-5;1-3-2/h4-6H,1-3H2,(H,8,9);3H,1H2,2H3. The number of aliphatic carboxylic acids is 1. The fourth-order valence-corrected chi connectivity index (χ4v) is 1.63. The van der Waals surface area contributed by atoms with E-state index in [1.54, 1.807) is 6.08 Å². The zero-order valence-corrected chi connectivity index (χ0v) is 7.90. The number of epoxide rings is 1. The van der Waals surface area contributed by atoms with E-state index in [9.17, 15) is 4.79 Å². The van der Waals surface area contributed by atoms with Crippen LogP contribution in [0.2, 0.25) is 0 Å². The number of carbonyl (C=O) groups is 1. The molecule has 3 heteroatoms. The third-order valence-electron chi connectivity index (χ3n) is 2.35. The maximum absolute atomic E-state index is 10.5. The zero-order valence-electron chi connectivity index (χ0n) is 7.90. The van der Waals surface area contributed by atoms with Gasteiger partial charge in [0, 0.05) is 0 Å². The molecule has 1 aliphatic carbocycles. The second-order valence-corrected chi connectivity index (χ2v) is 3.47. The molecular formula is C10H16O3. The van der Waals surface area contributed by atoms with E-state index >= 15 is 0 Å². The molecular weight excluding hydrogens is 168 g/mol. The monoisotopic (exact) mass is 184 g/mol. The van der Waals surface area contributed by atoms with Gasteiger partial charge in [0.25, 0.3) is 0 Å². The molecule has 0 aromatic rings. The van der Waals surface area contributed by atoms with Crippen molar-refractivity contribution in [2.24, 2.45) is 5.92 Å². The Morgan fingerprint density at radius 3 is 2.62 bits per heavy atom. The van der Waals surface area contributed by atoms with Crippen molar-refractivity contribution in [3.8, 4) is 0 Å². The van der Waals surface area contributed by atoms with Gasteiger partial charge in [0.15, 0.2) is 0 Å². The van der Waals surface area contributed by atoms with Crippen molar-refractivity contribution in [1.82, 2.24) is 0 Å². The van der Waals surface area contributed by atoms with Gasteiger partial charge in [-0.2, -0.15) is 0 Å². The minimum atomic E-state index is -0.658. The fourth-order valence-electron chi connectivity index (χ4n) is 1.63. The predicted molar refractivity (Wildman–Crippen MR) is 49.5 cm³/mol. The Bertz CT molecular complexity index is 200. The van der Waals surface area contributed by atoms with Gasteiger partial charge in [-0.05, 0) is 26.2 Å². The molecule has 2 fully saturated rings. The summed E-state index contributed by atoms with van der Waals surface area (Å²) < 4.78 is 5.19. The largest absolute Gasteiger partial charge is 0.481 e. The summed E-state index contributed by atoms with van der Waals surface area (Å²) in [6.07, 6.45) is 4.93. The van der Waals surface area contributed by atoms with E-state index in [1.165, 1.54) is 0 Å². The average molecular weight is 184 g/mol. The van der Waals surface area contributed by atoms with E-state index in [4.69, 9.17) is 9.84 Å². The summed E-state index contributed by atoms with van der Waals surface area (Å²) >= 11 is 0. The van der Waals surface area contributed by atoms with Gasteiger partial charge >= 0.3 is 5.97 Å². The molecule has 0 bridgehead atoms. The number of hydrogen-bond donors (Lipinski definition) is 1. The molecule has 0 aromatic heterocycles. The van der Waals surface area contributed by atoms with Gasteiger partial charge in [0.1, 0.15) is 0 Å². The van der Waals surface area contributed by atoms with E-state index in [0.29, 0.717) is 6.10 Å². The predicted octanol–water partition coefficient (Wildman–Crippen LogP) is 1.83. The van der Waals surface area contributed by atoms with E-state index < -0.39 is 5.97 Å². The van der Waals surface area contributed by atoms with Crippen LogP contribution in [-0.4, -0.2) is 23.3 Å². The summed E-state index contributed by atoms with van der Waals surface area (Å²) in [6, 6.07) is 0. The highest BCUT2D eigenvalue weighted by Gasteiger charge is 2.45. The van der Waals surface area contributed by atoms with Crippen LogP contribution in [0, 0.1) is 5.92 Å². The van der Waals surface area contributed by atoms with Gasteiger partial charge in [0.2, 0.25) is 0 Å². The van der Waals surface area contributed by atoms with Crippen molar-refractivity contribution in [1.29, 1.82) is 0 Å². The number of rotatable bonds is 1. The molecule has 1 aliphatic heterocycles. The Morgan fingerprint density at radius 2 is 2.15 bits per heavy atom. The summed E-state index contributed by atoms with van der Waals surface area (Å²) in [4.78, 5) is 10.5. The molecule has 1 saturated carbocycles. The maximum atomic E-state index is 10.5. The van der Waals surface area contributed by atoms with Crippen molar-refractivity contribution in [2.75, 3.05) is 0 Å². The van der Waals surface area contributed by atoms with Gasteiger partial charge in [0.05, 0.1) is 18.1 Å². The van der Waals surface area contributed by atoms with Crippen molar-refractivity contribution >= 4 is 5.97 Å². The minimum absolute atomic E-state index is 0.135. The smallest absolute Gasteiger partial charge is 0.306 e. The van der Waals surface area contributed by atoms with Crippen molar-refractivity contribution < 1.29 is 14.6 Å². The van der Waals surface area contributed by atoms with Crippen LogP contribution in [0.4, 0.5) is 0 Å². The fraction of sp³-hybridized carbons (Fsp3) is 0.700. The highest BCUT2D eigenvalue weighted by atomic mass is 16.6. The summed E-state index contributed by atoms with van der Waals surface area (Å²) in [5.74, 6) is -0.794. The van der Waals surface area contributed by atoms with E-state index in [1.807, 2.05) is 6.92 Å². The normalized spacial score (nSPS) is 35.0. The Labute approximate surface area is 78.4 Å². The lowest BCUT2D eigenvalue weighted by Gasteiger charge is -2.12. The molecule has 3 atom stereocenters. The Balaban J connectivity index is 0.000000251. The van der Waals surface area contributed by atoms with Crippen LogP contribution in [0.1, 0.15) is 26.2 Å². The molecule has 13 heavy (non-hydrogen) atoms. The van der Waals surface area contributed by atoms with Crippen LogP contribution >= 0.6 is 0 Å². The van der Waals surface area contributed by atoms with Gasteiger partial charge in [-0.1, -0.05) is 6.08 Å². The molecule has 3 unspecified atom stereocenters. The van der Waals surface area contributed by atoms with Crippen LogP contribution in [0.5, 0.6) is 0 Å². The van der Waals surface area contributed by atoms with Crippen LogP contribution in [0.25, 0.3) is 0 Å². The maximum Gasteiger partial charge on any atom is 0.306 e. The number of hydrogen-bond acceptors (Lipinski definition) is 2. The lowest BCUT2D eigenvalue weighted by Crippen LogP contribution is -2.21. The van der Waals surface area contributed by atoms with Gasteiger partial charge in [-0.15, -0.1) is 6.58 Å². The lowest BCUT2D eigenvalue weighted by atomic mass is 9.90. The molecule has 2 aliphatic rings. The first kappa shape index (κ1) is 10.3. The van der Waals surface area contributed by atoms with E-state index in [2.05, 4.69) is 6.58 Å². The third-order valence-corrected chi connectivity index (χ3v) is 2.35. The van der Waals surface area contributed by atoms with Gasteiger partial charge < -0.3 is 9.84 Å². The summed E-state index contributed by atoms with van der Waals surface area (Å²) in [5, 5.41) is 8.62. The molecule has 1 saturated heterocycles. The summed E-state index contributed by atoms with van der Waals surface area (Å²) in [6.45, 7) is 5.25. The van der Waals surface area contributed by atoms with E-state index in [-0.39, 0.29) is 12.0 Å². The lowest BCUT2D eigenvalue weighted by molar-refractivity contribution is -0.142. The first-order valence-corrected chi connectivity index (χ1v) is 4.64. The number of carboxylic acid groups (broad SMARTS) is 1. The van der Waals surface area contributed by atoms with Gasteiger partial charge in [-0.25, -0.2) is 0 Å². The minimum Gasteiger partial charge on any atom is -0.481 e. The molecule has 2 rings (SSSR count). The van der Waals surface area contributed by atoms with Crippen LogP contribution in [0.15, 0.2) is 12.7 Å². The third kappa shape index (κ3) is 2.84.